The van der Waals surface area contributed by atoms with E-state index in [2.05, 4.69) is 20.6 Å². The highest BCUT2D eigenvalue weighted by molar-refractivity contribution is 6.10. The van der Waals surface area contributed by atoms with E-state index in [-0.39, 0.29) is 11.5 Å². The monoisotopic (exact) mass is 378 g/mol. The van der Waals surface area contributed by atoms with Crippen LogP contribution in [0.1, 0.15) is 15.9 Å². The SMILES string of the molecule is COc1ccccc1NC(=NCc1ccncc1)NC(=O)c1cccc(F)c1. The largest absolute Gasteiger partial charge is 0.495 e. The molecule has 0 bridgehead atoms. The lowest BCUT2D eigenvalue weighted by atomic mass is 10.2. The van der Waals surface area contributed by atoms with Gasteiger partial charge in [-0.25, -0.2) is 9.38 Å². The second-order valence-electron chi connectivity index (χ2n) is 5.81. The number of carbonyl (C=O) groups excluding carboxylic acids is 1. The summed E-state index contributed by atoms with van der Waals surface area (Å²) in [5.41, 5.74) is 1.76. The quantitative estimate of drug-likeness (QED) is 0.525. The number of halogens is 1. The second kappa shape index (κ2) is 9.27. The number of amides is 1. The van der Waals surface area contributed by atoms with E-state index in [1.54, 1.807) is 31.6 Å². The number of para-hydroxylation sites is 2. The van der Waals surface area contributed by atoms with Gasteiger partial charge in [0.1, 0.15) is 11.6 Å². The number of hydrogen-bond donors (Lipinski definition) is 2. The minimum absolute atomic E-state index is 0.193. The number of methoxy groups -OCH3 is 1. The number of carbonyl (C=O) groups is 1. The molecule has 142 valence electrons. The summed E-state index contributed by atoms with van der Waals surface area (Å²) in [6, 6.07) is 16.4. The Balaban J connectivity index is 1.84. The van der Waals surface area contributed by atoms with Crippen molar-refractivity contribution in [3.8, 4) is 5.75 Å². The van der Waals surface area contributed by atoms with Crippen molar-refractivity contribution in [1.29, 1.82) is 0 Å². The maximum Gasteiger partial charge on any atom is 0.258 e. The molecule has 0 spiro atoms. The third-order valence-electron chi connectivity index (χ3n) is 3.85. The van der Waals surface area contributed by atoms with Crippen LogP contribution in [0.5, 0.6) is 5.75 Å². The summed E-state index contributed by atoms with van der Waals surface area (Å²) in [5.74, 6) is -0.148. The number of benzene rings is 2. The van der Waals surface area contributed by atoms with Gasteiger partial charge < -0.3 is 10.1 Å². The zero-order valence-electron chi connectivity index (χ0n) is 15.2. The summed E-state index contributed by atoms with van der Waals surface area (Å²) in [6.07, 6.45) is 3.34. The molecule has 0 radical (unpaired) electrons. The van der Waals surface area contributed by atoms with Gasteiger partial charge in [-0.1, -0.05) is 18.2 Å². The van der Waals surface area contributed by atoms with Crippen molar-refractivity contribution in [2.75, 3.05) is 12.4 Å². The normalized spacial score (nSPS) is 11.0. The van der Waals surface area contributed by atoms with Crippen molar-refractivity contribution < 1.29 is 13.9 Å². The van der Waals surface area contributed by atoms with Crippen LogP contribution < -0.4 is 15.4 Å². The molecule has 3 aromatic rings. The van der Waals surface area contributed by atoms with Gasteiger partial charge in [-0.3, -0.25) is 15.1 Å². The molecule has 0 saturated heterocycles. The Morgan fingerprint density at radius 3 is 2.64 bits per heavy atom. The van der Waals surface area contributed by atoms with E-state index in [1.807, 2.05) is 24.3 Å². The first kappa shape index (κ1) is 19.0. The first-order chi connectivity index (χ1) is 13.7. The van der Waals surface area contributed by atoms with Crippen molar-refractivity contribution in [3.05, 3.63) is 90.0 Å². The molecule has 6 nitrogen and oxygen atoms in total. The zero-order chi connectivity index (χ0) is 19.8. The van der Waals surface area contributed by atoms with Crippen LogP contribution in [0.3, 0.4) is 0 Å². The van der Waals surface area contributed by atoms with Crippen molar-refractivity contribution in [2.24, 2.45) is 4.99 Å². The molecule has 1 heterocycles. The summed E-state index contributed by atoms with van der Waals surface area (Å²) >= 11 is 0. The molecule has 0 saturated carbocycles. The highest BCUT2D eigenvalue weighted by Crippen LogP contribution is 2.22. The Kier molecular flexibility index (Phi) is 6.30. The fourth-order valence-electron chi connectivity index (χ4n) is 2.45. The number of ether oxygens (including phenoxy) is 1. The summed E-state index contributed by atoms with van der Waals surface area (Å²) in [7, 11) is 1.56. The fourth-order valence-corrected chi connectivity index (χ4v) is 2.45. The number of nitrogens with zero attached hydrogens (tertiary/aromatic N) is 2. The smallest absolute Gasteiger partial charge is 0.258 e. The summed E-state index contributed by atoms with van der Waals surface area (Å²) < 4.78 is 18.8. The zero-order valence-corrected chi connectivity index (χ0v) is 15.2. The Labute approximate surface area is 162 Å². The molecular formula is C21H19FN4O2. The molecule has 0 unspecified atom stereocenters. The molecule has 0 fully saturated rings. The molecule has 3 rings (SSSR count). The van der Waals surface area contributed by atoms with Crippen LogP contribution in [0.25, 0.3) is 0 Å². The number of rotatable bonds is 5. The first-order valence-electron chi connectivity index (χ1n) is 8.56. The maximum atomic E-state index is 13.4. The molecule has 2 aromatic carbocycles. The minimum atomic E-state index is -0.486. The van der Waals surface area contributed by atoms with E-state index in [0.717, 1.165) is 5.56 Å². The molecule has 28 heavy (non-hydrogen) atoms. The highest BCUT2D eigenvalue weighted by atomic mass is 19.1. The molecule has 0 aliphatic heterocycles. The standard InChI is InChI=1S/C21H19FN4O2/c1-28-19-8-3-2-7-18(19)25-21(24-14-15-9-11-23-12-10-15)26-20(27)16-5-4-6-17(22)13-16/h2-13H,14H2,1H3,(H2,24,25,26,27). The van der Waals surface area contributed by atoms with Crippen LogP contribution in [-0.4, -0.2) is 24.0 Å². The Morgan fingerprint density at radius 1 is 1.11 bits per heavy atom. The molecule has 1 amide bonds. The number of pyridine rings is 1. The fraction of sp³-hybridized carbons (Fsp3) is 0.0952. The first-order valence-corrected chi connectivity index (χ1v) is 8.56. The van der Waals surface area contributed by atoms with E-state index >= 15 is 0 Å². The van der Waals surface area contributed by atoms with Crippen molar-refractivity contribution in [3.63, 3.8) is 0 Å². The lowest BCUT2D eigenvalue weighted by Crippen LogP contribution is -2.36. The van der Waals surface area contributed by atoms with Gasteiger partial charge in [0.15, 0.2) is 0 Å². The highest BCUT2D eigenvalue weighted by Gasteiger charge is 2.12. The van der Waals surface area contributed by atoms with Gasteiger partial charge in [-0.05, 0) is 48.0 Å². The Morgan fingerprint density at radius 2 is 1.89 bits per heavy atom. The van der Waals surface area contributed by atoms with Crippen LogP contribution in [-0.2, 0) is 6.54 Å². The van der Waals surface area contributed by atoms with Crippen LogP contribution in [0.4, 0.5) is 10.1 Å². The summed E-state index contributed by atoms with van der Waals surface area (Å²) in [6.45, 7) is 0.323. The number of anilines is 1. The predicted molar refractivity (Wildman–Crippen MR) is 106 cm³/mol. The Bertz CT molecular complexity index is 977. The molecule has 2 N–H and O–H groups in total. The molecule has 7 heteroatoms. The topological polar surface area (TPSA) is 75.6 Å². The van der Waals surface area contributed by atoms with Gasteiger partial charge in [-0.15, -0.1) is 0 Å². The number of aliphatic imine (C=N–C) groups is 1. The summed E-state index contributed by atoms with van der Waals surface area (Å²) in [4.78, 5) is 20.9. The number of hydrogen-bond acceptors (Lipinski definition) is 4. The average Bonchev–Trinajstić information content (AvgIpc) is 2.73. The summed E-state index contributed by atoms with van der Waals surface area (Å²) in [5, 5.41) is 5.76. The van der Waals surface area contributed by atoms with Crippen molar-refractivity contribution in [2.45, 2.75) is 6.54 Å². The van der Waals surface area contributed by atoms with Crippen LogP contribution in [0, 0.1) is 5.82 Å². The number of guanidine groups is 1. The minimum Gasteiger partial charge on any atom is -0.495 e. The van der Waals surface area contributed by atoms with E-state index in [4.69, 9.17) is 4.74 Å². The van der Waals surface area contributed by atoms with Gasteiger partial charge in [-0.2, -0.15) is 0 Å². The Hall–Kier alpha value is -3.74. The predicted octanol–water partition coefficient (Wildman–Crippen LogP) is 3.63. The van der Waals surface area contributed by atoms with Gasteiger partial charge in [0.05, 0.1) is 19.3 Å². The van der Waals surface area contributed by atoms with Gasteiger partial charge in [0.2, 0.25) is 5.96 Å². The molecule has 0 aliphatic carbocycles. The van der Waals surface area contributed by atoms with Gasteiger partial charge >= 0.3 is 0 Å². The number of aromatic nitrogens is 1. The van der Waals surface area contributed by atoms with Gasteiger partial charge in [0, 0.05) is 18.0 Å². The third kappa shape index (κ3) is 5.14. The van der Waals surface area contributed by atoms with E-state index in [0.29, 0.717) is 18.0 Å². The number of nitrogens with one attached hydrogen (secondary N) is 2. The van der Waals surface area contributed by atoms with Crippen LogP contribution in [0.15, 0.2) is 78.0 Å². The van der Waals surface area contributed by atoms with E-state index in [9.17, 15) is 9.18 Å². The average molecular weight is 378 g/mol. The molecule has 0 aliphatic rings. The maximum absolute atomic E-state index is 13.4. The lowest BCUT2D eigenvalue weighted by molar-refractivity contribution is 0.0976. The van der Waals surface area contributed by atoms with Crippen molar-refractivity contribution in [1.82, 2.24) is 10.3 Å². The second-order valence-corrected chi connectivity index (χ2v) is 5.81. The lowest BCUT2D eigenvalue weighted by Gasteiger charge is -2.14. The van der Waals surface area contributed by atoms with Crippen LogP contribution in [0.2, 0.25) is 0 Å². The van der Waals surface area contributed by atoms with Crippen LogP contribution >= 0.6 is 0 Å². The third-order valence-corrected chi connectivity index (χ3v) is 3.85. The molecule has 0 atom stereocenters. The van der Waals surface area contributed by atoms with Gasteiger partial charge in [0.25, 0.3) is 5.91 Å². The molecule has 1 aromatic heterocycles. The molecular weight excluding hydrogens is 359 g/mol. The van der Waals surface area contributed by atoms with E-state index < -0.39 is 11.7 Å². The van der Waals surface area contributed by atoms with Crippen molar-refractivity contribution >= 4 is 17.6 Å². The van der Waals surface area contributed by atoms with E-state index in [1.165, 1.54) is 24.3 Å².